The number of hydrogen-bond acceptors (Lipinski definition) is 4. The van der Waals surface area contributed by atoms with E-state index in [0.29, 0.717) is 18.6 Å². The summed E-state index contributed by atoms with van der Waals surface area (Å²) in [5, 5.41) is 21.8. The van der Waals surface area contributed by atoms with Gasteiger partial charge in [0.15, 0.2) is 0 Å². The van der Waals surface area contributed by atoms with Crippen molar-refractivity contribution in [3.63, 3.8) is 0 Å². The highest BCUT2D eigenvalue weighted by Gasteiger charge is 2.27. The minimum Gasteiger partial charge on any atom is -0.506 e. The van der Waals surface area contributed by atoms with E-state index in [2.05, 4.69) is 52.1 Å². The number of rotatable bonds is 9. The summed E-state index contributed by atoms with van der Waals surface area (Å²) in [7, 11) is 0. The average Bonchev–Trinajstić information content (AvgIpc) is 2.66. The molecule has 2 aromatic rings. The fraction of sp³-hybridized carbons (Fsp3) is 0.462. The lowest BCUT2D eigenvalue weighted by Crippen LogP contribution is -2.24. The largest absolute Gasteiger partial charge is 0.506 e. The van der Waals surface area contributed by atoms with Gasteiger partial charge in [-0.2, -0.15) is 0 Å². The Morgan fingerprint density at radius 2 is 1.62 bits per heavy atom. The number of amides is 1. The van der Waals surface area contributed by atoms with E-state index >= 15 is 0 Å². The van der Waals surface area contributed by atoms with Gasteiger partial charge in [0.25, 0.3) is 0 Å². The maximum absolute atomic E-state index is 12.3. The maximum atomic E-state index is 12.3. The number of carbonyl (C=O) groups is 2. The Hall–Kier alpha value is -3.02. The van der Waals surface area contributed by atoms with Crippen LogP contribution in [-0.2, 0) is 10.2 Å². The highest BCUT2D eigenvalue weighted by Crippen LogP contribution is 2.36. The molecule has 0 heterocycles. The standard InChI is InChI=1S/C26H35NO5/c1-17-20(24(30)31)13-14-21(28)23(17)27-22(29)8-7-15-32-19-11-9-18(10-12-19)26(5,6)16-25(2,3)4/h9-14,28H,7-8,15-16H2,1-6H3,(H,27,29)(H,30,31). The van der Waals surface area contributed by atoms with Gasteiger partial charge in [0.2, 0.25) is 5.91 Å². The van der Waals surface area contributed by atoms with Crippen molar-refractivity contribution in [2.24, 2.45) is 5.41 Å². The van der Waals surface area contributed by atoms with Gasteiger partial charge in [0, 0.05) is 6.42 Å². The Morgan fingerprint density at radius 1 is 1.00 bits per heavy atom. The Labute approximate surface area is 190 Å². The molecule has 2 aromatic carbocycles. The summed E-state index contributed by atoms with van der Waals surface area (Å²) in [5.41, 5.74) is 2.05. The third-order valence-corrected chi connectivity index (χ3v) is 5.36. The lowest BCUT2D eigenvalue weighted by atomic mass is 9.72. The number of carboxylic acids is 1. The minimum atomic E-state index is -1.11. The average molecular weight is 442 g/mol. The third-order valence-electron chi connectivity index (χ3n) is 5.36. The van der Waals surface area contributed by atoms with Crippen LogP contribution in [0, 0.1) is 12.3 Å². The van der Waals surface area contributed by atoms with Crippen LogP contribution in [0.25, 0.3) is 0 Å². The second kappa shape index (κ2) is 10.1. The molecule has 0 aliphatic carbocycles. The molecule has 6 heteroatoms. The number of carboxylic acid groups (broad SMARTS) is 1. The Balaban J connectivity index is 1.86. The van der Waals surface area contributed by atoms with E-state index in [9.17, 15) is 19.8 Å². The smallest absolute Gasteiger partial charge is 0.336 e. The number of benzene rings is 2. The molecule has 0 atom stereocenters. The molecule has 0 radical (unpaired) electrons. The summed E-state index contributed by atoms with van der Waals surface area (Å²) in [5.74, 6) is -0.831. The van der Waals surface area contributed by atoms with Crippen LogP contribution in [0.4, 0.5) is 5.69 Å². The van der Waals surface area contributed by atoms with Crippen LogP contribution >= 0.6 is 0 Å². The summed E-state index contributed by atoms with van der Waals surface area (Å²) >= 11 is 0. The second-order valence-electron chi connectivity index (χ2n) is 10.1. The summed E-state index contributed by atoms with van der Waals surface area (Å²) in [6.45, 7) is 13.2. The van der Waals surface area contributed by atoms with Gasteiger partial charge in [0.1, 0.15) is 11.5 Å². The van der Waals surface area contributed by atoms with Crippen molar-refractivity contribution in [3.05, 3.63) is 53.1 Å². The zero-order valence-corrected chi connectivity index (χ0v) is 19.9. The van der Waals surface area contributed by atoms with Crippen molar-refractivity contribution in [3.8, 4) is 11.5 Å². The highest BCUT2D eigenvalue weighted by atomic mass is 16.5. The summed E-state index contributed by atoms with van der Waals surface area (Å²) in [4.78, 5) is 23.5. The van der Waals surface area contributed by atoms with Crippen LogP contribution in [0.1, 0.15) is 75.4 Å². The Kier molecular flexibility index (Phi) is 7.94. The van der Waals surface area contributed by atoms with Crippen molar-refractivity contribution < 1.29 is 24.5 Å². The molecule has 2 rings (SSSR count). The van der Waals surface area contributed by atoms with Crippen molar-refractivity contribution in [1.29, 1.82) is 0 Å². The first-order valence-electron chi connectivity index (χ1n) is 10.9. The molecule has 0 aromatic heterocycles. The van der Waals surface area contributed by atoms with Crippen LogP contribution < -0.4 is 10.1 Å². The zero-order chi connectivity index (χ0) is 24.1. The van der Waals surface area contributed by atoms with E-state index < -0.39 is 5.97 Å². The molecule has 0 aliphatic rings. The summed E-state index contributed by atoms with van der Waals surface area (Å²) in [6, 6.07) is 10.7. The summed E-state index contributed by atoms with van der Waals surface area (Å²) < 4.78 is 5.77. The van der Waals surface area contributed by atoms with Crippen molar-refractivity contribution in [1.82, 2.24) is 0 Å². The van der Waals surface area contributed by atoms with Gasteiger partial charge in [-0.15, -0.1) is 0 Å². The van der Waals surface area contributed by atoms with E-state index in [1.54, 1.807) is 6.92 Å². The van der Waals surface area contributed by atoms with Gasteiger partial charge in [-0.05, 0) is 66.0 Å². The molecule has 6 nitrogen and oxygen atoms in total. The van der Waals surface area contributed by atoms with E-state index in [0.717, 1.165) is 12.2 Å². The highest BCUT2D eigenvalue weighted by molar-refractivity contribution is 5.97. The number of aromatic carboxylic acids is 1. The second-order valence-corrected chi connectivity index (χ2v) is 10.1. The molecule has 3 N–H and O–H groups in total. The van der Waals surface area contributed by atoms with Crippen LogP contribution in [0.15, 0.2) is 36.4 Å². The van der Waals surface area contributed by atoms with Gasteiger partial charge in [0.05, 0.1) is 17.9 Å². The topological polar surface area (TPSA) is 95.9 Å². The van der Waals surface area contributed by atoms with Crippen molar-refractivity contribution >= 4 is 17.6 Å². The predicted octanol–water partition coefficient (Wildman–Crippen LogP) is 5.91. The molecule has 0 aliphatic heterocycles. The van der Waals surface area contributed by atoms with Crippen molar-refractivity contribution in [2.45, 2.75) is 66.2 Å². The van der Waals surface area contributed by atoms with Crippen LogP contribution in [-0.4, -0.2) is 28.7 Å². The van der Waals surface area contributed by atoms with Gasteiger partial charge in [-0.3, -0.25) is 4.79 Å². The zero-order valence-electron chi connectivity index (χ0n) is 19.9. The van der Waals surface area contributed by atoms with E-state index in [1.165, 1.54) is 17.7 Å². The van der Waals surface area contributed by atoms with Crippen molar-refractivity contribution in [2.75, 3.05) is 11.9 Å². The maximum Gasteiger partial charge on any atom is 0.336 e. The van der Waals surface area contributed by atoms with Crippen LogP contribution in [0.5, 0.6) is 11.5 Å². The fourth-order valence-corrected chi connectivity index (χ4v) is 4.14. The number of aromatic hydroxyl groups is 1. The number of nitrogens with one attached hydrogen (secondary N) is 1. The van der Waals surface area contributed by atoms with Gasteiger partial charge in [-0.1, -0.05) is 46.8 Å². The number of carbonyl (C=O) groups excluding carboxylic acids is 1. The summed E-state index contributed by atoms with van der Waals surface area (Å²) in [6.07, 6.45) is 1.74. The first-order chi connectivity index (χ1) is 14.8. The van der Waals surface area contributed by atoms with E-state index in [4.69, 9.17) is 4.74 Å². The molecule has 0 saturated carbocycles. The SMILES string of the molecule is Cc1c(C(=O)O)ccc(O)c1NC(=O)CCCOc1ccc(C(C)(C)CC(C)(C)C)cc1. The fourth-order valence-electron chi connectivity index (χ4n) is 4.14. The number of anilines is 1. The molecule has 1 amide bonds. The predicted molar refractivity (Wildman–Crippen MR) is 127 cm³/mol. The monoisotopic (exact) mass is 441 g/mol. The molecule has 0 saturated heterocycles. The van der Waals surface area contributed by atoms with Gasteiger partial charge >= 0.3 is 5.97 Å². The van der Waals surface area contributed by atoms with Gasteiger partial charge in [-0.25, -0.2) is 4.79 Å². The molecule has 0 spiro atoms. The van der Waals surface area contributed by atoms with Crippen LogP contribution in [0.2, 0.25) is 0 Å². The van der Waals surface area contributed by atoms with Crippen LogP contribution in [0.3, 0.4) is 0 Å². The number of phenolic OH excluding ortho intramolecular Hbond substituents is 1. The number of phenols is 1. The Bertz CT molecular complexity index is 955. The molecular weight excluding hydrogens is 406 g/mol. The molecule has 32 heavy (non-hydrogen) atoms. The normalized spacial score (nSPS) is 11.8. The lowest BCUT2D eigenvalue weighted by molar-refractivity contribution is -0.116. The molecular formula is C26H35NO5. The Morgan fingerprint density at radius 3 is 2.19 bits per heavy atom. The first-order valence-corrected chi connectivity index (χ1v) is 10.9. The minimum absolute atomic E-state index is 0.0376. The van der Waals surface area contributed by atoms with E-state index in [1.807, 2.05) is 12.1 Å². The molecule has 0 unspecified atom stereocenters. The lowest BCUT2D eigenvalue weighted by Gasteiger charge is -2.33. The first kappa shape index (κ1) is 25.2. The number of hydrogen-bond donors (Lipinski definition) is 3. The number of ether oxygens (including phenoxy) is 1. The quantitative estimate of drug-likeness (QED) is 0.332. The molecule has 0 fully saturated rings. The van der Waals surface area contributed by atoms with E-state index in [-0.39, 0.29) is 40.2 Å². The van der Waals surface area contributed by atoms with Gasteiger partial charge < -0.3 is 20.3 Å². The molecule has 174 valence electrons. The molecule has 0 bridgehead atoms. The third kappa shape index (κ3) is 7.01.